The minimum absolute atomic E-state index is 0.502. The van der Waals surface area contributed by atoms with Crippen LogP contribution >= 0.6 is 15.9 Å². The Labute approximate surface area is 132 Å². The van der Waals surface area contributed by atoms with Gasteiger partial charge in [-0.3, -0.25) is 4.31 Å². The number of benzene rings is 1. The molecule has 0 spiro atoms. The van der Waals surface area contributed by atoms with E-state index < -0.39 is 10.0 Å². The molecular weight excluding hydrogens is 356 g/mol. The smallest absolute Gasteiger partial charge is 0.232 e. The Balaban J connectivity index is 2.72. The van der Waals surface area contributed by atoms with Crippen LogP contribution in [-0.2, 0) is 10.0 Å². The molecule has 0 amide bonds. The molecule has 21 heavy (non-hydrogen) atoms. The van der Waals surface area contributed by atoms with Gasteiger partial charge in [-0.2, -0.15) is 0 Å². The molecule has 114 valence electrons. The van der Waals surface area contributed by atoms with Crippen LogP contribution in [0.4, 0.5) is 5.69 Å². The normalized spacial score (nSPS) is 11.9. The molecule has 1 N–H and O–H groups in total. The van der Waals surface area contributed by atoms with E-state index in [1.54, 1.807) is 6.07 Å². The highest BCUT2D eigenvalue weighted by molar-refractivity contribution is 9.10. The number of hydrogen-bond donors (Lipinski definition) is 1. The van der Waals surface area contributed by atoms with Gasteiger partial charge in [0, 0.05) is 34.2 Å². The van der Waals surface area contributed by atoms with E-state index in [9.17, 15) is 8.42 Å². The molecule has 0 saturated carbocycles. The Morgan fingerprint density at radius 2 is 2.05 bits per heavy atom. The van der Waals surface area contributed by atoms with Crippen LogP contribution in [0.2, 0.25) is 0 Å². The summed E-state index contributed by atoms with van der Waals surface area (Å²) >= 11 is 3.41. The topological polar surface area (TPSA) is 74.4 Å². The number of halogens is 1. The molecule has 1 heterocycles. The molecule has 0 aliphatic rings. The first kappa shape index (κ1) is 16.0. The third-order valence-corrected chi connectivity index (χ3v) is 5.25. The Kier molecular flexibility index (Phi) is 4.17. The van der Waals surface area contributed by atoms with E-state index in [1.807, 2.05) is 19.9 Å². The maximum Gasteiger partial charge on any atom is 0.232 e. The summed E-state index contributed by atoms with van der Waals surface area (Å²) in [5, 5.41) is 8.86. The number of nitrogens with zero attached hydrogens (tertiary/aromatic N) is 1. The molecule has 0 radical (unpaired) electrons. The Hall–Kier alpha value is -1.34. The summed E-state index contributed by atoms with van der Waals surface area (Å²) in [7, 11) is -1.86. The summed E-state index contributed by atoms with van der Waals surface area (Å²) in [6, 6.07) is 3.49. The lowest BCUT2D eigenvalue weighted by molar-refractivity contribution is 0.577. The van der Waals surface area contributed by atoms with E-state index >= 15 is 0 Å². The molecule has 1 aromatic heterocycles. The second kappa shape index (κ2) is 5.46. The van der Waals surface area contributed by atoms with Gasteiger partial charge in [-0.15, -0.1) is 0 Å². The lowest BCUT2D eigenvalue weighted by Crippen LogP contribution is -2.25. The molecule has 0 fully saturated rings. The highest BCUT2D eigenvalue weighted by Crippen LogP contribution is 2.36. The second-order valence-corrected chi connectivity index (χ2v) is 7.76. The fourth-order valence-electron chi connectivity index (χ4n) is 2.20. The molecule has 1 aromatic carbocycles. The standard InChI is InChI=1S/C14H17BrN2O3S/c1-5-11(16)14-8(2)20-13-7-12(10(15)6-9(13)14)17(3)21(4,18)19/h6-7,16H,5H2,1-4H3. The highest BCUT2D eigenvalue weighted by atomic mass is 79.9. The molecule has 2 rings (SSSR count). The number of nitrogens with one attached hydrogen (secondary N) is 1. The zero-order valence-electron chi connectivity index (χ0n) is 12.3. The lowest BCUT2D eigenvalue weighted by Gasteiger charge is -2.18. The molecule has 0 atom stereocenters. The minimum Gasteiger partial charge on any atom is -0.461 e. The fraction of sp³-hybridized carbons (Fsp3) is 0.357. The number of sulfonamides is 1. The molecule has 5 nitrogen and oxygen atoms in total. The third-order valence-electron chi connectivity index (χ3n) is 3.43. The summed E-state index contributed by atoms with van der Waals surface area (Å²) in [5.41, 5.74) is 2.37. The van der Waals surface area contributed by atoms with Crippen molar-refractivity contribution in [3.63, 3.8) is 0 Å². The van der Waals surface area contributed by atoms with Crippen LogP contribution < -0.4 is 4.31 Å². The van der Waals surface area contributed by atoms with Gasteiger partial charge in [-0.05, 0) is 35.3 Å². The summed E-state index contributed by atoms with van der Waals surface area (Å²) in [5.74, 6) is 0.669. The fourth-order valence-corrected chi connectivity index (χ4v) is 3.43. The maximum atomic E-state index is 11.7. The maximum absolute atomic E-state index is 11.7. The number of anilines is 1. The predicted octanol–water partition coefficient (Wildman–Crippen LogP) is 3.68. The van der Waals surface area contributed by atoms with E-state index in [2.05, 4.69) is 15.9 Å². The van der Waals surface area contributed by atoms with E-state index in [4.69, 9.17) is 9.83 Å². The average Bonchev–Trinajstić information content (AvgIpc) is 2.70. The molecular formula is C14H17BrN2O3S. The Bertz CT molecular complexity index is 824. The number of hydrogen-bond acceptors (Lipinski definition) is 4. The first-order valence-corrected chi connectivity index (χ1v) is 9.05. The van der Waals surface area contributed by atoms with Crippen molar-refractivity contribution >= 4 is 48.3 Å². The van der Waals surface area contributed by atoms with Crippen molar-refractivity contribution in [2.75, 3.05) is 17.6 Å². The van der Waals surface area contributed by atoms with Crippen LogP contribution in [0.25, 0.3) is 11.0 Å². The van der Waals surface area contributed by atoms with Crippen molar-refractivity contribution in [3.8, 4) is 0 Å². The quantitative estimate of drug-likeness (QED) is 0.831. The van der Waals surface area contributed by atoms with Crippen LogP contribution in [0.15, 0.2) is 21.0 Å². The van der Waals surface area contributed by atoms with E-state index in [1.165, 1.54) is 11.4 Å². The molecule has 0 aliphatic carbocycles. The zero-order chi connectivity index (χ0) is 15.9. The average molecular weight is 373 g/mol. The summed E-state index contributed by atoms with van der Waals surface area (Å²) in [6.07, 6.45) is 1.76. The van der Waals surface area contributed by atoms with Crippen molar-refractivity contribution in [2.24, 2.45) is 0 Å². The predicted molar refractivity (Wildman–Crippen MR) is 89.0 cm³/mol. The van der Waals surface area contributed by atoms with Crippen LogP contribution in [0.5, 0.6) is 0 Å². The van der Waals surface area contributed by atoms with Gasteiger partial charge in [0.2, 0.25) is 10.0 Å². The van der Waals surface area contributed by atoms with E-state index in [0.29, 0.717) is 33.6 Å². The van der Waals surface area contributed by atoms with Crippen LogP contribution in [0.3, 0.4) is 0 Å². The minimum atomic E-state index is -3.35. The van der Waals surface area contributed by atoms with Gasteiger partial charge in [0.25, 0.3) is 0 Å². The highest BCUT2D eigenvalue weighted by Gasteiger charge is 2.20. The summed E-state index contributed by atoms with van der Waals surface area (Å²) < 4.78 is 30.9. The lowest BCUT2D eigenvalue weighted by atomic mass is 10.0. The van der Waals surface area contributed by atoms with Crippen molar-refractivity contribution < 1.29 is 12.8 Å². The summed E-state index contributed by atoms with van der Waals surface area (Å²) in [6.45, 7) is 3.73. The van der Waals surface area contributed by atoms with Crippen molar-refractivity contribution in [3.05, 3.63) is 27.9 Å². The molecule has 0 bridgehead atoms. The van der Waals surface area contributed by atoms with Crippen LogP contribution in [0.1, 0.15) is 24.7 Å². The van der Waals surface area contributed by atoms with Crippen LogP contribution in [-0.4, -0.2) is 27.4 Å². The molecule has 2 aromatic rings. The Morgan fingerprint density at radius 3 is 2.57 bits per heavy atom. The number of rotatable bonds is 4. The number of furan rings is 1. The zero-order valence-corrected chi connectivity index (χ0v) is 14.7. The number of aryl methyl sites for hydroxylation is 1. The summed E-state index contributed by atoms with van der Waals surface area (Å²) in [4.78, 5) is 0. The van der Waals surface area contributed by atoms with Gasteiger partial charge in [-0.25, -0.2) is 8.42 Å². The van der Waals surface area contributed by atoms with Crippen molar-refractivity contribution in [1.29, 1.82) is 5.41 Å². The van der Waals surface area contributed by atoms with Gasteiger partial charge in [-0.1, -0.05) is 6.92 Å². The van der Waals surface area contributed by atoms with Crippen molar-refractivity contribution in [2.45, 2.75) is 20.3 Å². The molecule has 0 unspecified atom stereocenters. The van der Waals surface area contributed by atoms with Gasteiger partial charge in [0.15, 0.2) is 0 Å². The monoisotopic (exact) mass is 372 g/mol. The van der Waals surface area contributed by atoms with E-state index in [-0.39, 0.29) is 0 Å². The van der Waals surface area contributed by atoms with Gasteiger partial charge >= 0.3 is 0 Å². The first-order valence-electron chi connectivity index (χ1n) is 6.41. The Morgan fingerprint density at radius 1 is 1.43 bits per heavy atom. The van der Waals surface area contributed by atoms with Crippen LogP contribution in [0, 0.1) is 12.3 Å². The molecule has 0 aliphatic heterocycles. The molecule has 0 saturated heterocycles. The van der Waals surface area contributed by atoms with Gasteiger partial charge < -0.3 is 9.83 Å². The first-order chi connectivity index (χ1) is 9.66. The van der Waals surface area contributed by atoms with Gasteiger partial charge in [0.05, 0.1) is 11.9 Å². The largest absolute Gasteiger partial charge is 0.461 e. The third kappa shape index (κ3) is 2.85. The molecule has 7 heteroatoms. The van der Waals surface area contributed by atoms with Crippen molar-refractivity contribution in [1.82, 2.24) is 0 Å². The SMILES string of the molecule is CCC(=N)c1c(C)oc2cc(N(C)S(C)(=O)=O)c(Br)cc12. The van der Waals surface area contributed by atoms with Gasteiger partial charge in [0.1, 0.15) is 11.3 Å². The van der Waals surface area contributed by atoms with E-state index in [0.717, 1.165) is 17.2 Å². The second-order valence-electron chi connectivity index (χ2n) is 4.90. The number of fused-ring (bicyclic) bond motifs is 1.